The SMILES string of the molecule is CC(C)[C@@H](NC(=O)c1ccccc1)c1nnc(SCC2=NC(=O)C3C=CC=CC3=N2)n1C. The second kappa shape index (κ2) is 9.44. The Hall–Kier alpha value is -3.33. The zero-order valence-corrected chi connectivity index (χ0v) is 18.9. The number of fused-ring (bicyclic) bond motifs is 1. The molecule has 1 aromatic heterocycles. The van der Waals surface area contributed by atoms with Gasteiger partial charge in [-0.25, -0.2) is 4.99 Å². The van der Waals surface area contributed by atoms with Crippen LogP contribution < -0.4 is 5.32 Å². The fourth-order valence-electron chi connectivity index (χ4n) is 3.48. The van der Waals surface area contributed by atoms with Crippen LogP contribution in [0.1, 0.15) is 36.1 Å². The predicted octanol–water partition coefficient (Wildman–Crippen LogP) is 3.16. The molecule has 1 N–H and O–H groups in total. The minimum absolute atomic E-state index is 0.109. The molecule has 2 amide bonds. The highest BCUT2D eigenvalue weighted by atomic mass is 32.2. The molecule has 0 fully saturated rings. The summed E-state index contributed by atoms with van der Waals surface area (Å²) in [6.07, 6.45) is 7.34. The van der Waals surface area contributed by atoms with Crippen LogP contribution in [0.15, 0.2) is 69.8 Å². The molecule has 2 atom stereocenters. The Labute approximate surface area is 190 Å². The third-order valence-corrected chi connectivity index (χ3v) is 6.25. The van der Waals surface area contributed by atoms with Crippen molar-refractivity contribution in [2.75, 3.05) is 5.75 Å². The number of aromatic nitrogens is 3. The van der Waals surface area contributed by atoms with Crippen molar-refractivity contribution < 1.29 is 9.59 Å². The van der Waals surface area contributed by atoms with Crippen LogP contribution in [0.2, 0.25) is 0 Å². The Balaban J connectivity index is 1.47. The fraction of sp³-hybridized carbons (Fsp3) is 0.304. The van der Waals surface area contributed by atoms with Crippen LogP contribution in [0.5, 0.6) is 0 Å². The van der Waals surface area contributed by atoms with E-state index in [1.807, 2.05) is 61.9 Å². The van der Waals surface area contributed by atoms with Crippen molar-refractivity contribution in [3.63, 3.8) is 0 Å². The van der Waals surface area contributed by atoms with E-state index in [4.69, 9.17) is 0 Å². The summed E-state index contributed by atoms with van der Waals surface area (Å²) >= 11 is 1.40. The standard InChI is InChI=1S/C23H24N6O2S/c1-14(2)19(26-21(30)15-9-5-4-6-10-15)20-27-28-23(29(20)3)32-13-18-24-17-12-8-7-11-16(17)22(31)25-18/h4-12,14,16,19H,13H2,1-3H3,(H,26,30)/t16?,19-/m1/s1. The van der Waals surface area contributed by atoms with Gasteiger partial charge in [0.1, 0.15) is 11.8 Å². The minimum atomic E-state index is -0.379. The van der Waals surface area contributed by atoms with E-state index in [9.17, 15) is 9.59 Å². The molecule has 0 radical (unpaired) electrons. The highest BCUT2D eigenvalue weighted by Gasteiger charge is 2.28. The van der Waals surface area contributed by atoms with Gasteiger partial charge in [0, 0.05) is 12.6 Å². The molecule has 2 aromatic rings. The van der Waals surface area contributed by atoms with Crippen molar-refractivity contribution in [3.8, 4) is 0 Å². The number of amides is 2. The molecule has 0 spiro atoms. The highest BCUT2D eigenvalue weighted by Crippen LogP contribution is 2.25. The van der Waals surface area contributed by atoms with Crippen molar-refractivity contribution in [2.45, 2.75) is 25.0 Å². The lowest BCUT2D eigenvalue weighted by Crippen LogP contribution is -2.33. The maximum atomic E-state index is 12.7. The van der Waals surface area contributed by atoms with Crippen LogP contribution in [-0.4, -0.2) is 43.9 Å². The molecule has 0 saturated heterocycles. The van der Waals surface area contributed by atoms with Crippen molar-refractivity contribution in [1.29, 1.82) is 0 Å². The first-order valence-electron chi connectivity index (χ1n) is 10.4. The molecule has 8 nitrogen and oxygen atoms in total. The molecule has 1 aliphatic heterocycles. The number of benzene rings is 1. The van der Waals surface area contributed by atoms with Crippen molar-refractivity contribution >= 4 is 35.1 Å². The maximum Gasteiger partial charge on any atom is 0.260 e. The average molecular weight is 449 g/mol. The van der Waals surface area contributed by atoms with E-state index in [-0.39, 0.29) is 29.7 Å². The van der Waals surface area contributed by atoms with Crippen LogP contribution in [-0.2, 0) is 11.8 Å². The van der Waals surface area contributed by atoms with E-state index in [1.54, 1.807) is 18.2 Å². The summed E-state index contributed by atoms with van der Waals surface area (Å²) < 4.78 is 1.87. The lowest BCUT2D eigenvalue weighted by molar-refractivity contribution is -0.118. The number of carbonyl (C=O) groups excluding carboxylic acids is 2. The van der Waals surface area contributed by atoms with Gasteiger partial charge in [0.2, 0.25) is 0 Å². The molecule has 0 bridgehead atoms. The van der Waals surface area contributed by atoms with E-state index in [0.717, 1.165) is 0 Å². The first-order chi connectivity index (χ1) is 15.4. The van der Waals surface area contributed by atoms with Gasteiger partial charge in [-0.2, -0.15) is 4.99 Å². The van der Waals surface area contributed by atoms with Crippen LogP contribution in [0, 0.1) is 11.8 Å². The summed E-state index contributed by atoms with van der Waals surface area (Å²) in [6, 6.07) is 8.79. The molecule has 9 heteroatoms. The summed E-state index contributed by atoms with van der Waals surface area (Å²) in [5.74, 6) is 0.904. The Morgan fingerprint density at radius 1 is 1.16 bits per heavy atom. The molecule has 0 saturated carbocycles. The number of thioether (sulfide) groups is 1. The van der Waals surface area contributed by atoms with Crippen LogP contribution in [0.3, 0.4) is 0 Å². The third kappa shape index (κ3) is 4.62. The summed E-state index contributed by atoms with van der Waals surface area (Å²) in [6.45, 7) is 4.05. The summed E-state index contributed by atoms with van der Waals surface area (Å²) in [4.78, 5) is 33.6. The molecule has 2 heterocycles. The van der Waals surface area contributed by atoms with Gasteiger partial charge in [-0.1, -0.05) is 62.0 Å². The highest BCUT2D eigenvalue weighted by molar-refractivity contribution is 7.99. The van der Waals surface area contributed by atoms with Gasteiger partial charge in [-0.05, 0) is 24.1 Å². The number of amidine groups is 1. The summed E-state index contributed by atoms with van der Waals surface area (Å²) in [5.41, 5.74) is 1.31. The topological polar surface area (TPSA) is 102 Å². The van der Waals surface area contributed by atoms with E-state index in [1.165, 1.54) is 11.8 Å². The largest absolute Gasteiger partial charge is 0.342 e. The monoisotopic (exact) mass is 448 g/mol. The Kier molecular flexibility index (Phi) is 6.45. The number of nitrogens with zero attached hydrogens (tertiary/aromatic N) is 5. The Morgan fingerprint density at radius 3 is 2.69 bits per heavy atom. The second-order valence-electron chi connectivity index (χ2n) is 7.87. The number of hydrogen-bond donors (Lipinski definition) is 1. The first-order valence-corrected chi connectivity index (χ1v) is 11.4. The number of nitrogens with one attached hydrogen (secondary N) is 1. The van der Waals surface area contributed by atoms with Crippen molar-refractivity contribution in [1.82, 2.24) is 20.1 Å². The number of allylic oxidation sites excluding steroid dienone is 3. The van der Waals surface area contributed by atoms with E-state index in [2.05, 4.69) is 25.5 Å². The van der Waals surface area contributed by atoms with Gasteiger partial charge in [0.15, 0.2) is 11.0 Å². The Morgan fingerprint density at radius 2 is 1.94 bits per heavy atom. The molecule has 164 valence electrons. The van der Waals surface area contributed by atoms with Gasteiger partial charge >= 0.3 is 0 Å². The zero-order chi connectivity index (χ0) is 22.7. The summed E-state index contributed by atoms with van der Waals surface area (Å²) in [7, 11) is 1.87. The van der Waals surface area contributed by atoms with Crippen LogP contribution in [0.25, 0.3) is 0 Å². The quantitative estimate of drug-likeness (QED) is 0.656. The van der Waals surface area contributed by atoms with Crippen molar-refractivity contribution in [2.24, 2.45) is 28.9 Å². The fourth-order valence-corrected chi connectivity index (χ4v) is 4.25. The van der Waals surface area contributed by atoms with Gasteiger partial charge in [-0.15, -0.1) is 10.2 Å². The van der Waals surface area contributed by atoms with Gasteiger partial charge in [0.25, 0.3) is 11.8 Å². The Bertz CT molecular complexity index is 1150. The lowest BCUT2D eigenvalue weighted by atomic mass is 9.97. The average Bonchev–Trinajstić information content (AvgIpc) is 3.16. The van der Waals surface area contributed by atoms with E-state index < -0.39 is 0 Å². The maximum absolute atomic E-state index is 12.7. The molecule has 1 aliphatic carbocycles. The molecule has 2 aliphatic rings. The van der Waals surface area contributed by atoms with Gasteiger partial charge in [-0.3, -0.25) is 9.59 Å². The van der Waals surface area contributed by atoms with E-state index >= 15 is 0 Å². The van der Waals surface area contributed by atoms with Crippen LogP contribution >= 0.6 is 11.8 Å². The van der Waals surface area contributed by atoms with Gasteiger partial charge < -0.3 is 9.88 Å². The summed E-state index contributed by atoms with van der Waals surface area (Å²) in [5, 5.41) is 12.4. The van der Waals surface area contributed by atoms with Gasteiger partial charge in [0.05, 0.1) is 17.5 Å². The van der Waals surface area contributed by atoms with E-state index in [0.29, 0.717) is 33.8 Å². The predicted molar refractivity (Wildman–Crippen MR) is 125 cm³/mol. The first kappa shape index (κ1) is 21.9. The van der Waals surface area contributed by atoms with Crippen molar-refractivity contribution in [3.05, 3.63) is 66.0 Å². The lowest BCUT2D eigenvalue weighted by Gasteiger charge is -2.21. The number of carbonyl (C=O) groups is 2. The molecule has 32 heavy (non-hydrogen) atoms. The molecule has 1 unspecified atom stereocenters. The number of rotatable bonds is 7. The zero-order valence-electron chi connectivity index (χ0n) is 18.1. The molecule has 4 rings (SSSR count). The second-order valence-corrected chi connectivity index (χ2v) is 8.82. The molecule has 1 aromatic carbocycles. The smallest absolute Gasteiger partial charge is 0.260 e. The number of aliphatic imine (C=N–C) groups is 2. The van der Waals surface area contributed by atoms with Crippen LogP contribution in [0.4, 0.5) is 0 Å². The molecular weight excluding hydrogens is 424 g/mol. The minimum Gasteiger partial charge on any atom is -0.342 e. The number of hydrogen-bond acceptors (Lipinski definition) is 6. The normalized spacial score (nSPS) is 18.2. The molecular formula is C23H24N6O2S. The third-order valence-electron chi connectivity index (χ3n) is 5.23.